The van der Waals surface area contributed by atoms with Gasteiger partial charge in [0, 0.05) is 27.3 Å². The number of carbonyl (C=O) groups is 1. The zero-order valence-corrected chi connectivity index (χ0v) is 17.2. The van der Waals surface area contributed by atoms with E-state index in [4.69, 9.17) is 15.3 Å². The number of rotatable bonds is 5. The molecular formula is C23H17FN6O2. The predicted octanol–water partition coefficient (Wildman–Crippen LogP) is 5.71. The molecule has 9 heteroatoms. The zero-order chi connectivity index (χ0) is 22.7. The van der Waals surface area contributed by atoms with E-state index in [1.807, 2.05) is 25.1 Å². The minimum absolute atomic E-state index is 0.139. The van der Waals surface area contributed by atoms with Gasteiger partial charge in [-0.25, -0.2) is 9.37 Å². The number of methoxy groups -OCH3 is 1. The number of aryl methyl sites for hydroxylation is 1. The van der Waals surface area contributed by atoms with E-state index in [1.54, 1.807) is 36.4 Å². The molecule has 0 unspecified atom stereocenters. The maximum Gasteiger partial charge on any atom is 0.249 e. The molecule has 0 aliphatic carbocycles. The Hall–Kier alpha value is -4.49. The topological polar surface area (TPSA) is 117 Å². The van der Waals surface area contributed by atoms with Crippen LogP contribution in [0.25, 0.3) is 44.5 Å². The van der Waals surface area contributed by atoms with E-state index in [-0.39, 0.29) is 11.3 Å². The summed E-state index contributed by atoms with van der Waals surface area (Å²) in [5.74, 6) is -0.520. The summed E-state index contributed by atoms with van der Waals surface area (Å²) < 4.78 is 19.4. The Morgan fingerprint density at radius 2 is 1.84 bits per heavy atom. The van der Waals surface area contributed by atoms with Gasteiger partial charge in [-0.05, 0) is 47.9 Å². The van der Waals surface area contributed by atoms with E-state index >= 15 is 0 Å². The third-order valence-corrected chi connectivity index (χ3v) is 4.81. The van der Waals surface area contributed by atoms with Gasteiger partial charge in [-0.1, -0.05) is 30.3 Å². The van der Waals surface area contributed by atoms with Crippen LogP contribution in [0.2, 0.25) is 0 Å². The number of H-pyrrole nitrogens is 1. The Morgan fingerprint density at radius 1 is 1.09 bits per heavy atom. The fraction of sp³-hybridized carbons (Fsp3) is 0.0870. The Bertz CT molecular complexity index is 1360. The van der Waals surface area contributed by atoms with E-state index in [1.165, 1.54) is 13.2 Å². The summed E-state index contributed by atoms with van der Waals surface area (Å²) in [6.07, 6.45) is 0. The standard InChI is InChI=1S/C23H17FN6O2/c1-13-4-3-5-18(26-13)21-20(16-10-11-19(32-2)17(24)12-16)27-22(28-21)14-6-8-15(9-7-14)23(31)29-30-25/h3-12H,1-2H3,(H,27,28). The van der Waals surface area contributed by atoms with Gasteiger partial charge in [-0.2, -0.15) is 0 Å². The first-order chi connectivity index (χ1) is 15.5. The van der Waals surface area contributed by atoms with Crippen LogP contribution in [0.3, 0.4) is 0 Å². The van der Waals surface area contributed by atoms with Crippen molar-refractivity contribution in [1.82, 2.24) is 15.0 Å². The molecule has 4 aromatic rings. The molecule has 0 atom stereocenters. The summed E-state index contributed by atoms with van der Waals surface area (Å²) in [7, 11) is 1.41. The molecule has 0 bridgehead atoms. The summed E-state index contributed by atoms with van der Waals surface area (Å²) in [4.78, 5) is 26.8. The van der Waals surface area contributed by atoms with Gasteiger partial charge < -0.3 is 9.72 Å². The van der Waals surface area contributed by atoms with E-state index in [0.29, 0.717) is 34.0 Å². The summed E-state index contributed by atoms with van der Waals surface area (Å²) in [5, 5.41) is 3.09. The summed E-state index contributed by atoms with van der Waals surface area (Å²) in [6.45, 7) is 1.88. The fourth-order valence-corrected chi connectivity index (χ4v) is 3.27. The molecule has 0 aliphatic heterocycles. The molecular weight excluding hydrogens is 411 g/mol. The first kappa shape index (κ1) is 20.8. The van der Waals surface area contributed by atoms with Crippen LogP contribution < -0.4 is 4.74 Å². The third kappa shape index (κ3) is 4.05. The number of carbonyl (C=O) groups excluding carboxylic acids is 1. The number of nitrogens with one attached hydrogen (secondary N) is 1. The highest BCUT2D eigenvalue weighted by Crippen LogP contribution is 2.34. The molecule has 32 heavy (non-hydrogen) atoms. The number of azide groups is 1. The second kappa shape index (κ2) is 8.71. The molecule has 1 N–H and O–H groups in total. The second-order valence-corrected chi connectivity index (χ2v) is 6.89. The smallest absolute Gasteiger partial charge is 0.249 e. The number of aromatic amines is 1. The summed E-state index contributed by atoms with van der Waals surface area (Å²) >= 11 is 0. The molecule has 0 saturated heterocycles. The van der Waals surface area contributed by atoms with E-state index in [9.17, 15) is 9.18 Å². The summed E-state index contributed by atoms with van der Waals surface area (Å²) in [5.41, 5.74) is 12.6. The maximum absolute atomic E-state index is 14.4. The maximum atomic E-state index is 14.4. The van der Waals surface area contributed by atoms with E-state index in [2.05, 4.69) is 20.0 Å². The highest BCUT2D eigenvalue weighted by atomic mass is 19.1. The molecule has 8 nitrogen and oxygen atoms in total. The van der Waals surface area contributed by atoms with Crippen LogP contribution >= 0.6 is 0 Å². The monoisotopic (exact) mass is 428 g/mol. The number of ether oxygens (including phenoxy) is 1. The first-order valence-corrected chi connectivity index (χ1v) is 9.58. The molecule has 0 spiro atoms. The largest absolute Gasteiger partial charge is 0.494 e. The van der Waals surface area contributed by atoms with E-state index < -0.39 is 11.7 Å². The van der Waals surface area contributed by atoms with Crippen molar-refractivity contribution in [2.75, 3.05) is 7.11 Å². The van der Waals surface area contributed by atoms with Gasteiger partial charge in [0.2, 0.25) is 5.91 Å². The average molecular weight is 428 g/mol. The minimum Gasteiger partial charge on any atom is -0.494 e. The van der Waals surface area contributed by atoms with Crippen molar-refractivity contribution in [3.8, 4) is 39.8 Å². The van der Waals surface area contributed by atoms with Crippen LogP contribution in [-0.4, -0.2) is 28.0 Å². The highest BCUT2D eigenvalue weighted by Gasteiger charge is 2.18. The van der Waals surface area contributed by atoms with Crippen molar-refractivity contribution in [3.63, 3.8) is 0 Å². The first-order valence-electron chi connectivity index (χ1n) is 9.58. The molecule has 2 aromatic carbocycles. The Morgan fingerprint density at radius 3 is 2.50 bits per heavy atom. The molecule has 2 heterocycles. The molecule has 0 radical (unpaired) electrons. The Labute approximate surface area is 182 Å². The molecule has 2 aromatic heterocycles. The van der Waals surface area contributed by atoms with Crippen molar-refractivity contribution in [2.24, 2.45) is 5.11 Å². The second-order valence-electron chi connectivity index (χ2n) is 6.89. The van der Waals surface area contributed by atoms with Crippen molar-refractivity contribution >= 4 is 5.91 Å². The van der Waals surface area contributed by atoms with Gasteiger partial charge in [-0.15, -0.1) is 0 Å². The van der Waals surface area contributed by atoms with Crippen LogP contribution in [0, 0.1) is 12.7 Å². The third-order valence-electron chi connectivity index (χ3n) is 4.81. The van der Waals surface area contributed by atoms with Crippen LogP contribution in [0.15, 0.2) is 65.8 Å². The number of aromatic nitrogens is 3. The van der Waals surface area contributed by atoms with Crippen molar-refractivity contribution in [1.29, 1.82) is 0 Å². The molecule has 158 valence electrons. The lowest BCUT2D eigenvalue weighted by Crippen LogP contribution is -1.93. The van der Waals surface area contributed by atoms with Gasteiger partial charge in [0.15, 0.2) is 11.6 Å². The Kier molecular flexibility index (Phi) is 5.65. The van der Waals surface area contributed by atoms with Gasteiger partial charge in [0.25, 0.3) is 0 Å². The lowest BCUT2D eigenvalue weighted by Gasteiger charge is -2.06. The van der Waals surface area contributed by atoms with Crippen molar-refractivity contribution in [3.05, 3.63) is 88.2 Å². The SMILES string of the molecule is COc1ccc(-c2nc(-c3ccc(C(=O)N=[N+]=[N-])cc3)[nH]c2-c2cccc(C)n2)cc1F. The normalized spacial score (nSPS) is 10.5. The van der Waals surface area contributed by atoms with Crippen LogP contribution in [0.1, 0.15) is 16.1 Å². The molecule has 4 rings (SSSR count). The van der Waals surface area contributed by atoms with Crippen molar-refractivity contribution in [2.45, 2.75) is 6.92 Å². The van der Waals surface area contributed by atoms with Crippen molar-refractivity contribution < 1.29 is 13.9 Å². The van der Waals surface area contributed by atoms with Gasteiger partial charge in [0.05, 0.1) is 24.2 Å². The van der Waals surface area contributed by atoms with Crippen LogP contribution in [-0.2, 0) is 0 Å². The lowest BCUT2D eigenvalue weighted by molar-refractivity contribution is 0.100. The number of nitrogens with zero attached hydrogens (tertiary/aromatic N) is 5. The molecule has 1 amide bonds. The minimum atomic E-state index is -0.669. The van der Waals surface area contributed by atoms with Gasteiger partial charge >= 0.3 is 0 Å². The fourth-order valence-electron chi connectivity index (χ4n) is 3.27. The number of benzene rings is 2. The molecule has 0 aliphatic rings. The molecule has 0 fully saturated rings. The highest BCUT2D eigenvalue weighted by molar-refractivity contribution is 5.95. The number of imidazole rings is 1. The van der Waals surface area contributed by atoms with Gasteiger partial charge in [-0.3, -0.25) is 9.78 Å². The quantitative estimate of drug-likeness (QED) is 0.249. The van der Waals surface area contributed by atoms with Gasteiger partial charge in [0.1, 0.15) is 5.82 Å². The number of pyridine rings is 1. The van der Waals surface area contributed by atoms with Crippen LogP contribution in [0.5, 0.6) is 5.75 Å². The average Bonchev–Trinajstić information content (AvgIpc) is 3.25. The Balaban J connectivity index is 1.83. The number of hydrogen-bond donors (Lipinski definition) is 1. The molecule has 0 saturated carbocycles. The van der Waals surface area contributed by atoms with E-state index in [0.717, 1.165) is 5.69 Å². The van der Waals surface area contributed by atoms with Crippen LogP contribution in [0.4, 0.5) is 4.39 Å². The number of hydrogen-bond acceptors (Lipinski definition) is 4. The predicted molar refractivity (Wildman–Crippen MR) is 117 cm³/mol. The number of amides is 1. The summed E-state index contributed by atoms with van der Waals surface area (Å²) in [6, 6.07) is 16.7. The number of halogens is 1. The lowest BCUT2D eigenvalue weighted by atomic mass is 10.1. The zero-order valence-electron chi connectivity index (χ0n) is 17.2.